The lowest BCUT2D eigenvalue weighted by Crippen LogP contribution is -2.40. The maximum atomic E-state index is 12.3. The predicted molar refractivity (Wildman–Crippen MR) is 43.4 cm³/mol. The Balaban J connectivity index is 4.07. The van der Waals surface area contributed by atoms with Crippen LogP contribution < -0.4 is 5.32 Å². The Morgan fingerprint density at radius 1 is 1.27 bits per heavy atom. The zero-order chi connectivity index (χ0) is 12.3. The van der Waals surface area contributed by atoms with Crippen LogP contribution in [0.3, 0.4) is 0 Å². The van der Waals surface area contributed by atoms with Gasteiger partial charge in [-0.1, -0.05) is 6.58 Å². The van der Waals surface area contributed by atoms with Gasteiger partial charge >= 0.3 is 12.1 Å². The molecule has 1 N–H and O–H groups in total. The molecule has 0 fully saturated rings. The lowest BCUT2D eigenvalue weighted by molar-refractivity contribution is -0.283. The molecule has 7 heteroatoms. The molecule has 0 radical (unpaired) electrons. The molecule has 0 rings (SSSR count). The van der Waals surface area contributed by atoms with E-state index >= 15 is 0 Å². The van der Waals surface area contributed by atoms with E-state index in [0.717, 1.165) is 0 Å². The molecule has 0 aliphatic carbocycles. The molecule has 88 valence electrons. The molecule has 0 atom stereocenters. The van der Waals surface area contributed by atoms with Gasteiger partial charge in [-0.3, -0.25) is 4.79 Å². The fourth-order valence-electron chi connectivity index (χ4n) is 0.626. The molecule has 1 amide bonds. The number of halogens is 5. The van der Waals surface area contributed by atoms with E-state index in [1.165, 1.54) is 6.92 Å². The van der Waals surface area contributed by atoms with Gasteiger partial charge in [-0.2, -0.15) is 22.0 Å². The van der Waals surface area contributed by atoms with Crippen molar-refractivity contribution in [3.63, 3.8) is 0 Å². The van der Waals surface area contributed by atoms with Gasteiger partial charge in [0.25, 0.3) is 0 Å². The number of alkyl halides is 5. The Labute approximate surface area is 83.1 Å². The minimum Gasteiger partial charge on any atom is -0.352 e. The van der Waals surface area contributed by atoms with Crippen molar-refractivity contribution < 1.29 is 26.7 Å². The van der Waals surface area contributed by atoms with Gasteiger partial charge in [-0.25, -0.2) is 0 Å². The van der Waals surface area contributed by atoms with Crippen LogP contribution in [0.1, 0.15) is 13.3 Å². The van der Waals surface area contributed by atoms with E-state index in [4.69, 9.17) is 0 Å². The Hall–Kier alpha value is -1.14. The van der Waals surface area contributed by atoms with E-state index in [2.05, 4.69) is 6.58 Å². The summed E-state index contributed by atoms with van der Waals surface area (Å²) in [5, 5.41) is 1.89. The third kappa shape index (κ3) is 4.26. The SMILES string of the molecule is C=C(C)C(=O)NCCC(F)(F)C(F)(F)F. The number of nitrogens with one attached hydrogen (secondary N) is 1. The molecule has 0 bridgehead atoms. The number of hydrogen-bond donors (Lipinski definition) is 1. The van der Waals surface area contributed by atoms with Gasteiger partial charge in [0.15, 0.2) is 0 Å². The van der Waals surface area contributed by atoms with E-state index in [1.54, 1.807) is 0 Å². The van der Waals surface area contributed by atoms with Crippen LogP contribution in [0, 0.1) is 0 Å². The topological polar surface area (TPSA) is 29.1 Å². The number of carbonyl (C=O) groups is 1. The second kappa shape index (κ2) is 4.59. The predicted octanol–water partition coefficient (Wildman–Crippen LogP) is 2.27. The van der Waals surface area contributed by atoms with Crippen molar-refractivity contribution in [1.29, 1.82) is 0 Å². The van der Waals surface area contributed by atoms with Crippen LogP contribution in [0.2, 0.25) is 0 Å². The monoisotopic (exact) mass is 231 g/mol. The van der Waals surface area contributed by atoms with Crippen molar-refractivity contribution in [2.24, 2.45) is 0 Å². The highest BCUT2D eigenvalue weighted by Gasteiger charge is 2.56. The molecule has 0 aromatic rings. The van der Waals surface area contributed by atoms with Crippen LogP contribution in [0.25, 0.3) is 0 Å². The summed E-state index contributed by atoms with van der Waals surface area (Å²) in [5.41, 5.74) is 0.0466. The summed E-state index contributed by atoms with van der Waals surface area (Å²) in [4.78, 5) is 10.7. The second-order valence-corrected chi connectivity index (χ2v) is 2.99. The Morgan fingerprint density at radius 2 is 1.73 bits per heavy atom. The Kier molecular flexibility index (Phi) is 4.24. The van der Waals surface area contributed by atoms with Crippen molar-refractivity contribution >= 4 is 5.91 Å². The average Bonchev–Trinajstić information content (AvgIpc) is 2.01. The van der Waals surface area contributed by atoms with E-state index in [1.807, 2.05) is 5.32 Å². The van der Waals surface area contributed by atoms with Crippen LogP contribution in [0.15, 0.2) is 12.2 Å². The van der Waals surface area contributed by atoms with Gasteiger partial charge in [0, 0.05) is 18.5 Å². The zero-order valence-corrected chi connectivity index (χ0v) is 7.92. The summed E-state index contributed by atoms with van der Waals surface area (Å²) in [6.45, 7) is 3.76. The quantitative estimate of drug-likeness (QED) is 0.583. The van der Waals surface area contributed by atoms with Crippen LogP contribution in [-0.2, 0) is 4.79 Å². The molecule has 0 aromatic heterocycles. The molecule has 0 spiro atoms. The first-order chi connectivity index (χ1) is 6.58. The molecular weight excluding hydrogens is 221 g/mol. The molecule has 15 heavy (non-hydrogen) atoms. The summed E-state index contributed by atoms with van der Waals surface area (Å²) in [6.07, 6.45) is -7.06. The lowest BCUT2D eigenvalue weighted by Gasteiger charge is -2.19. The minimum absolute atomic E-state index is 0.0466. The summed E-state index contributed by atoms with van der Waals surface area (Å²) in [6, 6.07) is 0. The first-order valence-corrected chi connectivity index (χ1v) is 3.96. The summed E-state index contributed by atoms with van der Waals surface area (Å²) in [5.74, 6) is -5.53. The van der Waals surface area contributed by atoms with Crippen LogP contribution in [0.4, 0.5) is 22.0 Å². The van der Waals surface area contributed by atoms with Crippen molar-refractivity contribution in [2.45, 2.75) is 25.4 Å². The third-order valence-electron chi connectivity index (χ3n) is 1.53. The highest BCUT2D eigenvalue weighted by atomic mass is 19.4. The second-order valence-electron chi connectivity index (χ2n) is 2.99. The van der Waals surface area contributed by atoms with Gasteiger partial charge < -0.3 is 5.32 Å². The number of amides is 1. The van der Waals surface area contributed by atoms with Gasteiger partial charge in [0.05, 0.1) is 0 Å². The smallest absolute Gasteiger partial charge is 0.352 e. The van der Waals surface area contributed by atoms with Gasteiger partial charge in [0.1, 0.15) is 0 Å². The number of hydrogen-bond acceptors (Lipinski definition) is 1. The third-order valence-corrected chi connectivity index (χ3v) is 1.53. The highest BCUT2D eigenvalue weighted by molar-refractivity contribution is 5.91. The standard InChI is InChI=1S/C8H10F5NO/c1-5(2)6(15)14-4-3-7(9,10)8(11,12)13/h1,3-4H2,2H3,(H,14,15). The van der Waals surface area contributed by atoms with E-state index in [-0.39, 0.29) is 5.57 Å². The molecule has 0 heterocycles. The fourth-order valence-corrected chi connectivity index (χ4v) is 0.626. The van der Waals surface area contributed by atoms with Gasteiger partial charge in [0.2, 0.25) is 5.91 Å². The number of carbonyl (C=O) groups excluding carboxylic acids is 1. The molecule has 0 aliphatic rings. The molecule has 0 aromatic carbocycles. The molecule has 0 saturated carbocycles. The zero-order valence-electron chi connectivity index (χ0n) is 7.92. The lowest BCUT2D eigenvalue weighted by atomic mass is 10.2. The van der Waals surface area contributed by atoms with E-state index in [9.17, 15) is 26.7 Å². The normalized spacial score (nSPS) is 12.4. The van der Waals surface area contributed by atoms with Gasteiger partial charge in [-0.05, 0) is 6.92 Å². The first kappa shape index (κ1) is 13.9. The van der Waals surface area contributed by atoms with Crippen molar-refractivity contribution in [3.8, 4) is 0 Å². The maximum Gasteiger partial charge on any atom is 0.453 e. The summed E-state index contributed by atoms with van der Waals surface area (Å²) in [7, 11) is 0. The van der Waals surface area contributed by atoms with Crippen molar-refractivity contribution in [2.75, 3.05) is 6.54 Å². The molecule has 0 saturated heterocycles. The maximum absolute atomic E-state index is 12.3. The average molecular weight is 231 g/mol. The number of rotatable bonds is 4. The van der Waals surface area contributed by atoms with Crippen LogP contribution in [0.5, 0.6) is 0 Å². The van der Waals surface area contributed by atoms with E-state index < -0.39 is 31.0 Å². The van der Waals surface area contributed by atoms with Gasteiger partial charge in [-0.15, -0.1) is 0 Å². The molecule has 0 unspecified atom stereocenters. The summed E-state index contributed by atoms with van der Waals surface area (Å²) >= 11 is 0. The molecule has 2 nitrogen and oxygen atoms in total. The minimum atomic E-state index is -5.58. The van der Waals surface area contributed by atoms with E-state index in [0.29, 0.717) is 0 Å². The largest absolute Gasteiger partial charge is 0.453 e. The highest BCUT2D eigenvalue weighted by Crippen LogP contribution is 2.37. The van der Waals surface area contributed by atoms with Crippen LogP contribution in [-0.4, -0.2) is 24.6 Å². The van der Waals surface area contributed by atoms with Crippen LogP contribution >= 0.6 is 0 Å². The molecule has 0 aliphatic heterocycles. The Bertz CT molecular complexity index is 258. The fraction of sp³-hybridized carbons (Fsp3) is 0.625. The van der Waals surface area contributed by atoms with Crippen molar-refractivity contribution in [3.05, 3.63) is 12.2 Å². The summed E-state index contributed by atoms with van der Waals surface area (Å²) < 4.78 is 59.5. The molecular formula is C8H10F5NO. The van der Waals surface area contributed by atoms with Crippen molar-refractivity contribution in [1.82, 2.24) is 5.32 Å². The first-order valence-electron chi connectivity index (χ1n) is 3.96. The Morgan fingerprint density at radius 3 is 2.07 bits per heavy atom.